The van der Waals surface area contributed by atoms with Gasteiger partial charge in [0.05, 0.1) is 11.3 Å². The molecule has 1 saturated carbocycles. The molecule has 22 heavy (non-hydrogen) atoms. The van der Waals surface area contributed by atoms with Crippen molar-refractivity contribution in [2.24, 2.45) is 0 Å². The van der Waals surface area contributed by atoms with Gasteiger partial charge in [-0.3, -0.25) is 4.79 Å². The molecule has 1 amide bonds. The fourth-order valence-corrected chi connectivity index (χ4v) is 4.24. The molecule has 6 heteroatoms. The predicted octanol–water partition coefficient (Wildman–Crippen LogP) is 1.68. The van der Waals surface area contributed by atoms with Crippen molar-refractivity contribution in [1.29, 1.82) is 0 Å². The van der Waals surface area contributed by atoms with Gasteiger partial charge in [-0.1, -0.05) is 18.6 Å². The fraction of sp³-hybridized carbons (Fsp3) is 0.562. The maximum Gasteiger partial charge on any atom is 0.243 e. The van der Waals surface area contributed by atoms with E-state index >= 15 is 0 Å². The number of sulfonamides is 1. The lowest BCUT2D eigenvalue weighted by atomic mass is 10.1. The number of carbonyl (C=O) groups is 1. The summed E-state index contributed by atoms with van der Waals surface area (Å²) in [6, 6.07) is 7.06. The molecule has 2 aliphatic rings. The van der Waals surface area contributed by atoms with Gasteiger partial charge in [0.25, 0.3) is 0 Å². The molecule has 1 aliphatic carbocycles. The van der Waals surface area contributed by atoms with Crippen molar-refractivity contribution in [3.8, 4) is 0 Å². The van der Waals surface area contributed by atoms with Crippen LogP contribution in [0.1, 0.15) is 37.7 Å². The van der Waals surface area contributed by atoms with Crippen LogP contribution in [-0.4, -0.2) is 37.8 Å². The first-order valence-electron chi connectivity index (χ1n) is 7.94. The Morgan fingerprint density at radius 2 is 1.73 bits per heavy atom. The van der Waals surface area contributed by atoms with E-state index in [2.05, 4.69) is 5.32 Å². The van der Waals surface area contributed by atoms with Crippen molar-refractivity contribution in [3.05, 3.63) is 29.8 Å². The molecule has 1 heterocycles. The second kappa shape index (κ2) is 6.38. The van der Waals surface area contributed by atoms with E-state index in [4.69, 9.17) is 0 Å². The van der Waals surface area contributed by atoms with Crippen molar-refractivity contribution in [2.45, 2.75) is 49.5 Å². The summed E-state index contributed by atoms with van der Waals surface area (Å²) in [5.74, 6) is 0.00846. The summed E-state index contributed by atoms with van der Waals surface area (Å²) in [5, 5.41) is 2.93. The molecular formula is C16H22N2O3S. The highest BCUT2D eigenvalue weighted by Crippen LogP contribution is 2.21. The van der Waals surface area contributed by atoms with Gasteiger partial charge >= 0.3 is 0 Å². The summed E-state index contributed by atoms with van der Waals surface area (Å²) in [6.07, 6.45) is 5.40. The van der Waals surface area contributed by atoms with Gasteiger partial charge in [-0.2, -0.15) is 4.31 Å². The van der Waals surface area contributed by atoms with Gasteiger partial charge in [-0.25, -0.2) is 8.42 Å². The minimum atomic E-state index is -3.38. The van der Waals surface area contributed by atoms with Crippen LogP contribution < -0.4 is 5.32 Å². The second-order valence-electron chi connectivity index (χ2n) is 6.13. The van der Waals surface area contributed by atoms with Crippen molar-refractivity contribution in [3.63, 3.8) is 0 Å². The number of hydrogen-bond donors (Lipinski definition) is 1. The molecular weight excluding hydrogens is 300 g/mol. The smallest absolute Gasteiger partial charge is 0.243 e. The predicted molar refractivity (Wildman–Crippen MR) is 83.9 cm³/mol. The number of amides is 1. The standard InChI is InChI=1S/C16H22N2O3S/c19-16(17-14-6-7-14)12-13-4-8-15(9-5-13)22(20,21)18-10-2-1-3-11-18/h4-5,8-9,14H,1-3,6-7,10-12H2,(H,17,19). The lowest BCUT2D eigenvalue weighted by Gasteiger charge is -2.25. The number of hydrogen-bond acceptors (Lipinski definition) is 3. The van der Waals surface area contributed by atoms with E-state index in [-0.39, 0.29) is 5.91 Å². The van der Waals surface area contributed by atoms with Crippen molar-refractivity contribution in [2.75, 3.05) is 13.1 Å². The van der Waals surface area contributed by atoms with Crippen molar-refractivity contribution >= 4 is 15.9 Å². The summed E-state index contributed by atoms with van der Waals surface area (Å²) in [4.78, 5) is 12.1. The molecule has 0 bridgehead atoms. The number of benzene rings is 1. The van der Waals surface area contributed by atoms with E-state index < -0.39 is 10.0 Å². The lowest BCUT2D eigenvalue weighted by Crippen LogP contribution is -2.35. The zero-order valence-corrected chi connectivity index (χ0v) is 13.4. The highest BCUT2D eigenvalue weighted by atomic mass is 32.2. The van der Waals surface area contributed by atoms with Crippen LogP contribution in [0, 0.1) is 0 Å². The van der Waals surface area contributed by atoms with Gasteiger partial charge in [-0.15, -0.1) is 0 Å². The molecule has 2 fully saturated rings. The van der Waals surface area contributed by atoms with Crippen LogP contribution >= 0.6 is 0 Å². The minimum absolute atomic E-state index is 0.00846. The highest BCUT2D eigenvalue weighted by molar-refractivity contribution is 7.89. The summed E-state index contributed by atoms with van der Waals surface area (Å²) < 4.78 is 26.6. The Morgan fingerprint density at radius 1 is 1.09 bits per heavy atom. The molecule has 3 rings (SSSR count). The number of piperidine rings is 1. The maximum absolute atomic E-state index is 12.5. The summed E-state index contributed by atoms with van der Waals surface area (Å²) in [5.41, 5.74) is 0.843. The molecule has 0 aromatic heterocycles. The summed E-state index contributed by atoms with van der Waals surface area (Å²) >= 11 is 0. The Balaban J connectivity index is 1.66. The summed E-state index contributed by atoms with van der Waals surface area (Å²) in [6.45, 7) is 1.21. The van der Waals surface area contributed by atoms with Gasteiger partial charge in [0.2, 0.25) is 15.9 Å². The Kier molecular flexibility index (Phi) is 4.49. The van der Waals surface area contributed by atoms with Crippen LogP contribution in [0.15, 0.2) is 29.2 Å². The lowest BCUT2D eigenvalue weighted by molar-refractivity contribution is -0.120. The molecule has 0 unspecified atom stereocenters. The van der Waals surface area contributed by atoms with Crippen molar-refractivity contribution in [1.82, 2.24) is 9.62 Å². The average Bonchev–Trinajstić information content (AvgIpc) is 3.32. The van der Waals surface area contributed by atoms with Gasteiger partial charge < -0.3 is 5.32 Å². The molecule has 0 spiro atoms. The molecule has 0 radical (unpaired) electrons. The van der Waals surface area contributed by atoms with E-state index in [1.165, 1.54) is 0 Å². The third-order valence-electron chi connectivity index (χ3n) is 4.18. The zero-order valence-electron chi connectivity index (χ0n) is 12.6. The number of rotatable bonds is 5. The Morgan fingerprint density at radius 3 is 2.32 bits per heavy atom. The first-order chi connectivity index (χ1) is 10.6. The minimum Gasteiger partial charge on any atom is -0.353 e. The van der Waals surface area contributed by atoms with Crippen LogP contribution in [0.5, 0.6) is 0 Å². The average molecular weight is 322 g/mol. The molecule has 0 atom stereocenters. The van der Waals surface area contributed by atoms with E-state index in [1.807, 2.05) is 0 Å². The molecule has 1 aliphatic heterocycles. The van der Waals surface area contributed by atoms with E-state index in [0.29, 0.717) is 30.4 Å². The quantitative estimate of drug-likeness (QED) is 0.897. The number of carbonyl (C=O) groups excluding carboxylic acids is 1. The third-order valence-corrected chi connectivity index (χ3v) is 6.10. The van der Waals surface area contributed by atoms with Crippen LogP contribution in [0.25, 0.3) is 0 Å². The third kappa shape index (κ3) is 3.67. The fourth-order valence-electron chi connectivity index (χ4n) is 2.73. The Bertz CT molecular complexity index is 630. The van der Waals surface area contributed by atoms with Crippen molar-refractivity contribution < 1.29 is 13.2 Å². The van der Waals surface area contributed by atoms with Gasteiger partial charge in [-0.05, 0) is 43.4 Å². The molecule has 1 saturated heterocycles. The molecule has 1 N–H and O–H groups in total. The Labute approximate surface area is 131 Å². The molecule has 1 aromatic rings. The van der Waals surface area contributed by atoms with Gasteiger partial charge in [0, 0.05) is 19.1 Å². The van der Waals surface area contributed by atoms with Crippen LogP contribution in [-0.2, 0) is 21.2 Å². The second-order valence-corrected chi connectivity index (χ2v) is 8.07. The van der Waals surface area contributed by atoms with Gasteiger partial charge in [0.1, 0.15) is 0 Å². The Hall–Kier alpha value is -1.40. The highest BCUT2D eigenvalue weighted by Gasteiger charge is 2.26. The SMILES string of the molecule is O=C(Cc1ccc(S(=O)(=O)N2CCCCC2)cc1)NC1CC1. The van der Waals surface area contributed by atoms with Crippen LogP contribution in [0.2, 0.25) is 0 Å². The maximum atomic E-state index is 12.5. The largest absolute Gasteiger partial charge is 0.353 e. The van der Waals surface area contributed by atoms with E-state index in [1.54, 1.807) is 28.6 Å². The van der Waals surface area contributed by atoms with E-state index in [9.17, 15) is 13.2 Å². The molecule has 120 valence electrons. The van der Waals surface area contributed by atoms with Crippen LogP contribution in [0.4, 0.5) is 0 Å². The molecule has 5 nitrogen and oxygen atoms in total. The zero-order chi connectivity index (χ0) is 15.6. The summed E-state index contributed by atoms with van der Waals surface area (Å²) in [7, 11) is -3.38. The molecule has 1 aromatic carbocycles. The van der Waals surface area contributed by atoms with Crippen LogP contribution in [0.3, 0.4) is 0 Å². The number of nitrogens with one attached hydrogen (secondary N) is 1. The monoisotopic (exact) mass is 322 g/mol. The first-order valence-corrected chi connectivity index (χ1v) is 9.38. The van der Waals surface area contributed by atoms with E-state index in [0.717, 1.165) is 37.7 Å². The first kappa shape index (κ1) is 15.5. The topological polar surface area (TPSA) is 66.5 Å². The normalized spacial score (nSPS) is 19.8. The number of nitrogens with zero attached hydrogens (tertiary/aromatic N) is 1. The van der Waals surface area contributed by atoms with Gasteiger partial charge in [0.15, 0.2) is 0 Å².